The van der Waals surface area contributed by atoms with Gasteiger partial charge in [-0.05, 0) is 24.8 Å². The van der Waals surface area contributed by atoms with Crippen molar-refractivity contribution in [2.24, 2.45) is 5.92 Å². The summed E-state index contributed by atoms with van der Waals surface area (Å²) in [6.45, 7) is 0. The first-order valence-electron chi connectivity index (χ1n) is 6.73. The smallest absolute Gasteiger partial charge is 0.312 e. The fourth-order valence-corrected chi connectivity index (χ4v) is 3.90. The molecule has 0 radical (unpaired) electrons. The van der Waals surface area contributed by atoms with Gasteiger partial charge in [-0.15, -0.1) is 0 Å². The minimum atomic E-state index is -3.98. The molecule has 2 rings (SSSR count). The van der Waals surface area contributed by atoms with Crippen molar-refractivity contribution < 1.29 is 21.9 Å². The summed E-state index contributed by atoms with van der Waals surface area (Å²) in [6.07, 6.45) is 4.63. The maximum Gasteiger partial charge on any atom is 0.312 e. The summed E-state index contributed by atoms with van der Waals surface area (Å²) in [5.74, 6) is -1.56. The summed E-state index contributed by atoms with van der Waals surface area (Å²) >= 11 is 0. The van der Waals surface area contributed by atoms with Gasteiger partial charge >= 0.3 is 15.8 Å². The molecule has 116 valence electrons. The molecule has 0 spiro atoms. The monoisotopic (exact) mass is 317 g/mol. The highest BCUT2D eigenvalue weighted by Gasteiger charge is 2.26. The zero-order chi connectivity index (χ0) is 15.5. The van der Waals surface area contributed by atoms with Gasteiger partial charge in [0.1, 0.15) is 5.82 Å². The highest BCUT2D eigenvalue weighted by molar-refractivity contribution is 7.87. The van der Waals surface area contributed by atoms with E-state index in [1.807, 2.05) is 0 Å². The summed E-state index contributed by atoms with van der Waals surface area (Å²) < 4.78 is 41.9. The van der Waals surface area contributed by atoms with E-state index in [0.29, 0.717) is 0 Å². The topological polar surface area (TPSA) is 86.5 Å². The Morgan fingerprint density at radius 2 is 1.95 bits per heavy atom. The second-order valence-corrected chi connectivity index (χ2v) is 6.80. The Balaban J connectivity index is 2.15. The largest absolute Gasteiger partial charge is 0.375 e. The van der Waals surface area contributed by atoms with Crippen LogP contribution in [0.1, 0.15) is 32.1 Å². The first kappa shape index (κ1) is 15.7. The predicted octanol–water partition coefficient (Wildman–Crippen LogP) is 3.02. The van der Waals surface area contributed by atoms with E-state index >= 15 is 0 Å². The average molecular weight is 317 g/mol. The van der Waals surface area contributed by atoms with Crippen LogP contribution in [-0.2, 0) is 10.1 Å². The van der Waals surface area contributed by atoms with E-state index in [4.69, 9.17) is 4.18 Å². The van der Waals surface area contributed by atoms with E-state index < -0.39 is 32.3 Å². The molecular formula is C13H16FNO5S. The summed E-state index contributed by atoms with van der Waals surface area (Å²) in [7, 11) is -3.98. The molecule has 1 aliphatic carbocycles. The molecule has 1 saturated carbocycles. The van der Waals surface area contributed by atoms with Gasteiger partial charge in [-0.25, -0.2) is 4.39 Å². The van der Waals surface area contributed by atoms with E-state index in [9.17, 15) is 22.9 Å². The van der Waals surface area contributed by atoms with Gasteiger partial charge in [-0.3, -0.25) is 10.1 Å². The molecule has 0 heterocycles. The first-order chi connectivity index (χ1) is 9.87. The number of nitrogens with zero attached hydrogens (tertiary/aromatic N) is 1. The van der Waals surface area contributed by atoms with Crippen LogP contribution in [0.5, 0.6) is 5.75 Å². The molecule has 0 amide bonds. The molecule has 1 aromatic carbocycles. The molecule has 0 aliphatic heterocycles. The lowest BCUT2D eigenvalue weighted by Gasteiger charge is -2.20. The molecule has 0 atom stereocenters. The van der Waals surface area contributed by atoms with E-state index in [2.05, 4.69) is 0 Å². The van der Waals surface area contributed by atoms with Crippen LogP contribution in [0.15, 0.2) is 18.2 Å². The molecule has 1 aromatic rings. The SMILES string of the molecule is O=[N+]([O-])c1ccc(F)cc1OS(=O)(=O)CC1CCCCC1. The standard InChI is InChI=1S/C13H16FNO5S/c14-11-6-7-12(15(16)17)13(8-11)20-21(18,19)9-10-4-2-1-3-5-10/h6-8,10H,1-5,9H2. The third-order valence-corrected chi connectivity index (χ3v) is 4.81. The minimum Gasteiger partial charge on any atom is -0.375 e. The van der Waals surface area contributed by atoms with Crippen LogP contribution in [0, 0.1) is 21.8 Å². The fraction of sp³-hybridized carbons (Fsp3) is 0.538. The Morgan fingerprint density at radius 1 is 1.29 bits per heavy atom. The van der Waals surface area contributed by atoms with Crippen LogP contribution in [0.4, 0.5) is 10.1 Å². The van der Waals surface area contributed by atoms with Crippen LogP contribution in [0.3, 0.4) is 0 Å². The lowest BCUT2D eigenvalue weighted by molar-refractivity contribution is -0.385. The number of halogens is 1. The van der Waals surface area contributed by atoms with Crippen LogP contribution in [-0.4, -0.2) is 19.1 Å². The van der Waals surface area contributed by atoms with E-state index in [0.717, 1.165) is 50.3 Å². The van der Waals surface area contributed by atoms with Gasteiger partial charge in [-0.1, -0.05) is 19.3 Å². The fourth-order valence-electron chi connectivity index (χ4n) is 2.52. The molecule has 8 heteroatoms. The highest BCUT2D eigenvalue weighted by atomic mass is 32.2. The van der Waals surface area contributed by atoms with E-state index in [-0.39, 0.29) is 11.7 Å². The lowest BCUT2D eigenvalue weighted by atomic mass is 9.91. The summed E-state index contributed by atoms with van der Waals surface area (Å²) in [5, 5.41) is 10.8. The van der Waals surface area contributed by atoms with Crippen molar-refractivity contribution in [3.05, 3.63) is 34.1 Å². The zero-order valence-corrected chi connectivity index (χ0v) is 12.1. The Kier molecular flexibility index (Phi) is 4.76. The van der Waals surface area contributed by atoms with Crippen molar-refractivity contribution in [2.45, 2.75) is 32.1 Å². The van der Waals surface area contributed by atoms with Crippen LogP contribution in [0.25, 0.3) is 0 Å². The van der Waals surface area contributed by atoms with Gasteiger partial charge in [-0.2, -0.15) is 8.42 Å². The highest BCUT2D eigenvalue weighted by Crippen LogP contribution is 2.30. The number of hydrogen-bond acceptors (Lipinski definition) is 5. The average Bonchev–Trinajstić information content (AvgIpc) is 2.38. The molecule has 6 nitrogen and oxygen atoms in total. The second kappa shape index (κ2) is 6.38. The van der Waals surface area contributed by atoms with Gasteiger partial charge in [0.2, 0.25) is 5.75 Å². The molecule has 0 saturated heterocycles. The predicted molar refractivity (Wildman–Crippen MR) is 74.0 cm³/mol. The van der Waals surface area contributed by atoms with Crippen LogP contribution < -0.4 is 4.18 Å². The van der Waals surface area contributed by atoms with E-state index in [1.54, 1.807) is 0 Å². The zero-order valence-electron chi connectivity index (χ0n) is 11.3. The van der Waals surface area contributed by atoms with Crippen molar-refractivity contribution >= 4 is 15.8 Å². The lowest BCUT2D eigenvalue weighted by Crippen LogP contribution is -2.22. The van der Waals surface area contributed by atoms with Gasteiger partial charge in [0.25, 0.3) is 0 Å². The molecule has 1 fully saturated rings. The molecule has 21 heavy (non-hydrogen) atoms. The number of rotatable bonds is 5. The Bertz CT molecular complexity index is 625. The Hall–Kier alpha value is -1.70. The molecule has 0 unspecified atom stereocenters. The van der Waals surface area contributed by atoms with Crippen molar-refractivity contribution in [2.75, 3.05) is 5.75 Å². The number of nitro benzene ring substituents is 1. The van der Waals surface area contributed by atoms with E-state index in [1.165, 1.54) is 0 Å². The van der Waals surface area contributed by atoms with Gasteiger partial charge in [0, 0.05) is 12.1 Å². The normalized spacial score (nSPS) is 16.6. The van der Waals surface area contributed by atoms with Crippen molar-refractivity contribution in [1.82, 2.24) is 0 Å². The summed E-state index contributed by atoms with van der Waals surface area (Å²) in [6, 6.07) is 2.50. The van der Waals surface area contributed by atoms with Crippen molar-refractivity contribution in [3.63, 3.8) is 0 Å². The molecular weight excluding hydrogens is 301 g/mol. The number of hydrogen-bond donors (Lipinski definition) is 0. The van der Waals surface area contributed by atoms with Gasteiger partial charge in [0.05, 0.1) is 10.7 Å². The Labute approximate surface area is 122 Å². The Morgan fingerprint density at radius 3 is 2.57 bits per heavy atom. The molecule has 0 aromatic heterocycles. The third kappa shape index (κ3) is 4.38. The first-order valence-corrected chi connectivity index (χ1v) is 8.31. The quantitative estimate of drug-likeness (QED) is 0.473. The van der Waals surface area contributed by atoms with Crippen molar-refractivity contribution in [1.29, 1.82) is 0 Å². The summed E-state index contributed by atoms with van der Waals surface area (Å²) in [4.78, 5) is 10.0. The maximum atomic E-state index is 13.1. The molecule has 0 N–H and O–H groups in total. The van der Waals surface area contributed by atoms with Crippen LogP contribution in [0.2, 0.25) is 0 Å². The van der Waals surface area contributed by atoms with Gasteiger partial charge < -0.3 is 4.18 Å². The third-order valence-electron chi connectivity index (χ3n) is 3.50. The minimum absolute atomic E-state index is 0.00337. The summed E-state index contributed by atoms with van der Waals surface area (Å²) in [5.41, 5.74) is -0.566. The number of benzene rings is 1. The second-order valence-electron chi connectivity index (χ2n) is 5.18. The molecule has 1 aliphatic rings. The maximum absolute atomic E-state index is 13.1. The van der Waals surface area contributed by atoms with Crippen LogP contribution >= 0.6 is 0 Å². The van der Waals surface area contributed by atoms with Gasteiger partial charge in [0.15, 0.2) is 0 Å². The van der Waals surface area contributed by atoms with Crippen molar-refractivity contribution in [3.8, 4) is 5.75 Å². The molecule has 0 bridgehead atoms. The number of nitro groups is 1.